The molecule has 0 saturated carbocycles. The van der Waals surface area contributed by atoms with Crippen LogP contribution < -0.4 is 5.32 Å². The third kappa shape index (κ3) is 3.70. The average Bonchev–Trinajstić information content (AvgIpc) is 3.22. The number of carbonyl (C=O) groups is 2. The van der Waals surface area contributed by atoms with Gasteiger partial charge in [-0.25, -0.2) is 4.79 Å². The highest BCUT2D eigenvalue weighted by atomic mass is 35.5. The maximum absolute atomic E-state index is 12.5. The van der Waals surface area contributed by atoms with Crippen LogP contribution in [0.15, 0.2) is 34.7 Å². The summed E-state index contributed by atoms with van der Waals surface area (Å²) in [4.78, 5) is 23.7. The van der Waals surface area contributed by atoms with Gasteiger partial charge in [0, 0.05) is 24.1 Å². The van der Waals surface area contributed by atoms with E-state index in [0.29, 0.717) is 24.5 Å². The molecule has 7 heteroatoms. The van der Waals surface area contributed by atoms with Crippen LogP contribution in [0.4, 0.5) is 0 Å². The van der Waals surface area contributed by atoms with E-state index in [0.717, 1.165) is 5.56 Å². The lowest BCUT2D eigenvalue weighted by Crippen LogP contribution is -2.36. The second kappa shape index (κ2) is 7.29. The Balaban J connectivity index is 1.75. The predicted molar refractivity (Wildman–Crippen MR) is 91.1 cm³/mol. The SMILES string of the molecule is CCc1oc(C(=O)NC2CCOC2c2ccc(Cl)cc2)cc1C(=O)O. The molecule has 0 spiro atoms. The molecule has 25 heavy (non-hydrogen) atoms. The summed E-state index contributed by atoms with van der Waals surface area (Å²) >= 11 is 5.90. The average molecular weight is 364 g/mol. The van der Waals surface area contributed by atoms with Gasteiger partial charge in [-0.1, -0.05) is 30.7 Å². The summed E-state index contributed by atoms with van der Waals surface area (Å²) in [5.74, 6) is -1.27. The van der Waals surface area contributed by atoms with E-state index in [-0.39, 0.29) is 29.2 Å². The molecular weight excluding hydrogens is 346 g/mol. The van der Waals surface area contributed by atoms with Crippen molar-refractivity contribution in [1.29, 1.82) is 0 Å². The number of benzene rings is 1. The summed E-state index contributed by atoms with van der Waals surface area (Å²) in [5.41, 5.74) is 0.941. The number of hydrogen-bond acceptors (Lipinski definition) is 4. The van der Waals surface area contributed by atoms with Crippen LogP contribution in [0.1, 0.15) is 51.7 Å². The Labute approximate surface area is 149 Å². The van der Waals surface area contributed by atoms with Crippen molar-refractivity contribution in [3.8, 4) is 0 Å². The standard InChI is InChI=1S/C18H18ClNO5/c1-2-14-12(18(22)23)9-15(25-14)17(21)20-13-7-8-24-16(13)10-3-5-11(19)6-4-10/h3-6,9,13,16H,2,7-8H2,1H3,(H,20,21)(H,22,23). The van der Waals surface area contributed by atoms with Gasteiger partial charge in [0.1, 0.15) is 17.4 Å². The fraction of sp³-hybridized carbons (Fsp3) is 0.333. The number of carboxylic acids is 1. The molecule has 0 bridgehead atoms. The first-order chi connectivity index (χ1) is 12.0. The third-order valence-corrected chi connectivity index (χ3v) is 4.44. The lowest BCUT2D eigenvalue weighted by Gasteiger charge is -2.19. The molecule has 0 aliphatic carbocycles. The molecular formula is C18H18ClNO5. The molecule has 1 aromatic heterocycles. The number of aryl methyl sites for hydroxylation is 1. The smallest absolute Gasteiger partial charge is 0.339 e. The Morgan fingerprint density at radius 1 is 1.32 bits per heavy atom. The van der Waals surface area contributed by atoms with E-state index < -0.39 is 11.9 Å². The molecule has 6 nitrogen and oxygen atoms in total. The van der Waals surface area contributed by atoms with Crippen molar-refractivity contribution >= 4 is 23.5 Å². The fourth-order valence-corrected chi connectivity index (χ4v) is 3.07. The minimum atomic E-state index is -1.11. The number of halogens is 1. The molecule has 1 aromatic carbocycles. The van der Waals surface area contributed by atoms with E-state index in [2.05, 4.69) is 5.32 Å². The maximum Gasteiger partial charge on any atom is 0.339 e. The molecule has 1 fully saturated rings. The van der Waals surface area contributed by atoms with Crippen LogP contribution in [-0.2, 0) is 11.2 Å². The summed E-state index contributed by atoms with van der Waals surface area (Å²) in [6, 6.07) is 8.32. The van der Waals surface area contributed by atoms with E-state index in [9.17, 15) is 9.59 Å². The van der Waals surface area contributed by atoms with Gasteiger partial charge in [0.05, 0.1) is 6.04 Å². The summed E-state index contributed by atoms with van der Waals surface area (Å²) in [6.07, 6.45) is 0.779. The van der Waals surface area contributed by atoms with Crippen molar-refractivity contribution in [1.82, 2.24) is 5.32 Å². The van der Waals surface area contributed by atoms with E-state index in [1.54, 1.807) is 19.1 Å². The molecule has 0 radical (unpaired) electrons. The molecule has 132 valence electrons. The van der Waals surface area contributed by atoms with Crippen LogP contribution in [0.5, 0.6) is 0 Å². The van der Waals surface area contributed by atoms with Crippen LogP contribution in [0.25, 0.3) is 0 Å². The molecule has 2 atom stereocenters. The van der Waals surface area contributed by atoms with Gasteiger partial charge in [0.2, 0.25) is 0 Å². The van der Waals surface area contributed by atoms with Crippen molar-refractivity contribution in [2.24, 2.45) is 0 Å². The maximum atomic E-state index is 12.5. The fourth-order valence-electron chi connectivity index (χ4n) is 2.94. The first kappa shape index (κ1) is 17.5. The van der Waals surface area contributed by atoms with Gasteiger partial charge in [-0.3, -0.25) is 4.79 Å². The quantitative estimate of drug-likeness (QED) is 0.849. The number of hydrogen-bond donors (Lipinski definition) is 2. The largest absolute Gasteiger partial charge is 0.478 e. The first-order valence-electron chi connectivity index (χ1n) is 8.03. The molecule has 1 aliphatic rings. The monoisotopic (exact) mass is 363 g/mol. The second-order valence-electron chi connectivity index (χ2n) is 5.82. The lowest BCUT2D eigenvalue weighted by atomic mass is 10.0. The Morgan fingerprint density at radius 3 is 2.64 bits per heavy atom. The molecule has 2 heterocycles. The van der Waals surface area contributed by atoms with Crippen LogP contribution in [0.2, 0.25) is 5.02 Å². The Kier molecular flexibility index (Phi) is 5.11. The predicted octanol–water partition coefficient (Wildman–Crippen LogP) is 3.45. The number of carbonyl (C=O) groups excluding carboxylic acids is 1. The van der Waals surface area contributed by atoms with Crippen LogP contribution in [-0.4, -0.2) is 29.6 Å². The highest BCUT2D eigenvalue weighted by Gasteiger charge is 2.32. The zero-order valence-electron chi connectivity index (χ0n) is 13.6. The number of furan rings is 1. The molecule has 1 amide bonds. The molecule has 2 N–H and O–H groups in total. The third-order valence-electron chi connectivity index (χ3n) is 4.19. The number of carboxylic acid groups (broad SMARTS) is 1. The zero-order chi connectivity index (χ0) is 18.0. The highest BCUT2D eigenvalue weighted by molar-refractivity contribution is 6.30. The molecule has 3 rings (SSSR count). The highest BCUT2D eigenvalue weighted by Crippen LogP contribution is 2.30. The number of amides is 1. The summed E-state index contributed by atoms with van der Waals surface area (Å²) in [5, 5.41) is 12.7. The van der Waals surface area contributed by atoms with Crippen LogP contribution in [0.3, 0.4) is 0 Å². The lowest BCUT2D eigenvalue weighted by molar-refractivity contribution is 0.0694. The van der Waals surface area contributed by atoms with Gasteiger partial charge in [0.25, 0.3) is 5.91 Å². The van der Waals surface area contributed by atoms with Crippen LogP contribution in [0, 0.1) is 0 Å². The van der Waals surface area contributed by atoms with Crippen molar-refractivity contribution in [3.05, 3.63) is 58.0 Å². The first-order valence-corrected chi connectivity index (χ1v) is 8.41. The number of aromatic carboxylic acids is 1. The van der Waals surface area contributed by atoms with E-state index in [1.807, 2.05) is 12.1 Å². The van der Waals surface area contributed by atoms with Crippen molar-refractivity contribution in [2.75, 3.05) is 6.61 Å². The number of rotatable bonds is 5. The van der Waals surface area contributed by atoms with E-state index >= 15 is 0 Å². The summed E-state index contributed by atoms with van der Waals surface area (Å²) in [6.45, 7) is 2.30. The zero-order valence-corrected chi connectivity index (χ0v) is 14.4. The number of ether oxygens (including phenoxy) is 1. The van der Waals surface area contributed by atoms with Crippen molar-refractivity contribution in [3.63, 3.8) is 0 Å². The van der Waals surface area contributed by atoms with Crippen molar-refractivity contribution in [2.45, 2.75) is 31.9 Å². The minimum Gasteiger partial charge on any atom is -0.478 e. The van der Waals surface area contributed by atoms with Gasteiger partial charge in [-0.2, -0.15) is 0 Å². The van der Waals surface area contributed by atoms with Gasteiger partial charge in [-0.05, 0) is 24.1 Å². The van der Waals surface area contributed by atoms with Crippen LogP contribution >= 0.6 is 11.6 Å². The molecule has 1 aliphatic heterocycles. The Morgan fingerprint density at radius 2 is 2.04 bits per heavy atom. The normalized spacial score (nSPS) is 19.8. The Hall–Kier alpha value is -2.31. The molecule has 2 aromatic rings. The minimum absolute atomic E-state index is 0.00370. The van der Waals surface area contributed by atoms with Gasteiger partial charge in [-0.15, -0.1) is 0 Å². The molecule has 2 unspecified atom stereocenters. The summed E-state index contributed by atoms with van der Waals surface area (Å²) < 4.78 is 11.1. The molecule has 1 saturated heterocycles. The Bertz CT molecular complexity index is 783. The summed E-state index contributed by atoms with van der Waals surface area (Å²) in [7, 11) is 0. The number of nitrogens with one attached hydrogen (secondary N) is 1. The van der Waals surface area contributed by atoms with Crippen molar-refractivity contribution < 1.29 is 23.8 Å². The van der Waals surface area contributed by atoms with Gasteiger partial charge < -0.3 is 19.6 Å². The topological polar surface area (TPSA) is 88.8 Å². The second-order valence-corrected chi connectivity index (χ2v) is 6.25. The van der Waals surface area contributed by atoms with Gasteiger partial charge >= 0.3 is 5.97 Å². The van der Waals surface area contributed by atoms with Gasteiger partial charge in [0.15, 0.2) is 5.76 Å². The van der Waals surface area contributed by atoms with E-state index in [4.69, 9.17) is 25.9 Å². The van der Waals surface area contributed by atoms with E-state index in [1.165, 1.54) is 6.07 Å².